The number of aromatic amines is 1. The number of hydrogen-bond acceptors (Lipinski definition) is 4. The van der Waals surface area contributed by atoms with Crippen molar-refractivity contribution in [3.8, 4) is 0 Å². The number of carbonyl (C=O) groups is 2. The number of carbonyl (C=O) groups excluding carboxylic acids is 1. The Hall–Kier alpha value is -1.89. The predicted octanol–water partition coefficient (Wildman–Crippen LogP) is -0.458. The Morgan fingerprint density at radius 3 is 3.00 bits per heavy atom. The maximum absolute atomic E-state index is 11.8. The minimum atomic E-state index is -1.18. The lowest BCUT2D eigenvalue weighted by Crippen LogP contribution is -2.37. The number of hydrogen-bond donors (Lipinski definition) is 3. The highest BCUT2D eigenvalue weighted by atomic mass is 16.4. The topological polar surface area (TPSA) is 98.3 Å². The summed E-state index contributed by atoms with van der Waals surface area (Å²) in [6, 6.07) is 0.0610. The molecule has 2 heterocycles. The lowest BCUT2D eigenvalue weighted by atomic mass is 10.2. The fraction of sp³-hybridized carbons (Fsp3) is 0.500. The van der Waals surface area contributed by atoms with Crippen LogP contribution in [0.5, 0.6) is 0 Å². The third kappa shape index (κ3) is 2.44. The summed E-state index contributed by atoms with van der Waals surface area (Å²) in [5.41, 5.74) is -0.235. The first-order valence-corrected chi connectivity index (χ1v) is 5.34. The molecule has 0 saturated carbocycles. The van der Waals surface area contributed by atoms with Crippen molar-refractivity contribution in [1.82, 2.24) is 20.2 Å². The molecule has 1 saturated heterocycles. The number of H-pyrrole nitrogens is 1. The molecule has 1 atom stereocenters. The van der Waals surface area contributed by atoms with Gasteiger partial charge in [-0.15, -0.1) is 0 Å². The highest BCUT2D eigenvalue weighted by molar-refractivity contribution is 6.02. The van der Waals surface area contributed by atoms with E-state index in [4.69, 9.17) is 5.11 Å². The van der Waals surface area contributed by atoms with Gasteiger partial charge in [0.05, 0.1) is 6.33 Å². The van der Waals surface area contributed by atoms with Crippen molar-refractivity contribution in [1.29, 1.82) is 0 Å². The van der Waals surface area contributed by atoms with Crippen molar-refractivity contribution in [3.63, 3.8) is 0 Å². The Morgan fingerprint density at radius 2 is 2.41 bits per heavy atom. The van der Waals surface area contributed by atoms with Crippen molar-refractivity contribution in [3.05, 3.63) is 17.7 Å². The molecule has 0 aromatic carbocycles. The van der Waals surface area contributed by atoms with E-state index in [9.17, 15) is 9.59 Å². The quantitative estimate of drug-likeness (QED) is 0.662. The van der Waals surface area contributed by atoms with Crippen LogP contribution < -0.4 is 5.32 Å². The molecule has 17 heavy (non-hydrogen) atoms. The number of nitrogens with one attached hydrogen (secondary N) is 2. The molecule has 0 radical (unpaired) electrons. The van der Waals surface area contributed by atoms with Gasteiger partial charge in [0, 0.05) is 12.6 Å². The average Bonchev–Trinajstić information content (AvgIpc) is 2.86. The molecule has 3 N–H and O–H groups in total. The van der Waals surface area contributed by atoms with Crippen LogP contribution in [0.2, 0.25) is 0 Å². The molecule has 1 unspecified atom stereocenters. The number of aromatic nitrogens is 2. The van der Waals surface area contributed by atoms with Crippen LogP contribution in [0.25, 0.3) is 0 Å². The van der Waals surface area contributed by atoms with Crippen LogP contribution in [0, 0.1) is 0 Å². The summed E-state index contributed by atoms with van der Waals surface area (Å²) in [7, 11) is 1.98. The van der Waals surface area contributed by atoms with Crippen LogP contribution in [0.3, 0.4) is 0 Å². The molecule has 1 aliphatic rings. The van der Waals surface area contributed by atoms with Gasteiger partial charge in [-0.25, -0.2) is 9.78 Å². The zero-order valence-electron chi connectivity index (χ0n) is 9.43. The van der Waals surface area contributed by atoms with Crippen molar-refractivity contribution >= 4 is 11.9 Å². The third-order valence-corrected chi connectivity index (χ3v) is 2.79. The molecule has 7 nitrogen and oxygen atoms in total. The van der Waals surface area contributed by atoms with Gasteiger partial charge >= 0.3 is 5.97 Å². The Kier molecular flexibility index (Phi) is 3.10. The molecule has 1 aromatic heterocycles. The molecule has 2 rings (SSSR count). The molecule has 1 aromatic rings. The summed E-state index contributed by atoms with van der Waals surface area (Å²) in [5, 5.41) is 11.6. The monoisotopic (exact) mass is 238 g/mol. The highest BCUT2D eigenvalue weighted by Gasteiger charge is 2.25. The molecule has 1 fully saturated rings. The Labute approximate surface area is 97.8 Å². The SMILES string of the molecule is CN1CCC(NC(=O)c2nc[nH]c2C(=O)O)C1. The molecule has 92 valence electrons. The van der Waals surface area contributed by atoms with E-state index in [0.717, 1.165) is 19.5 Å². The zero-order chi connectivity index (χ0) is 12.4. The van der Waals surface area contributed by atoms with Gasteiger partial charge in [0.2, 0.25) is 0 Å². The summed E-state index contributed by atoms with van der Waals surface area (Å²) < 4.78 is 0. The van der Waals surface area contributed by atoms with Gasteiger partial charge in [-0.2, -0.15) is 0 Å². The lowest BCUT2D eigenvalue weighted by molar-refractivity contribution is 0.0684. The fourth-order valence-electron chi connectivity index (χ4n) is 1.94. The minimum absolute atomic E-state index is 0.0610. The second-order valence-electron chi connectivity index (χ2n) is 4.15. The number of imidazole rings is 1. The number of aromatic carboxylic acids is 1. The zero-order valence-corrected chi connectivity index (χ0v) is 9.43. The van der Waals surface area contributed by atoms with Crippen molar-refractivity contribution in [2.45, 2.75) is 12.5 Å². The van der Waals surface area contributed by atoms with Gasteiger partial charge in [-0.1, -0.05) is 0 Å². The van der Waals surface area contributed by atoms with E-state index in [0.29, 0.717) is 0 Å². The fourth-order valence-corrected chi connectivity index (χ4v) is 1.94. The molecule has 1 amide bonds. The van der Waals surface area contributed by atoms with E-state index >= 15 is 0 Å². The summed E-state index contributed by atoms with van der Waals surface area (Å²) in [4.78, 5) is 30.9. The standard InChI is InChI=1S/C10H14N4O3/c1-14-3-2-6(4-14)13-9(15)7-8(10(16)17)12-5-11-7/h5-6H,2-4H2,1H3,(H,11,12)(H,13,15)(H,16,17). The average molecular weight is 238 g/mol. The largest absolute Gasteiger partial charge is 0.477 e. The van der Waals surface area contributed by atoms with E-state index in [-0.39, 0.29) is 17.4 Å². The smallest absolute Gasteiger partial charge is 0.354 e. The van der Waals surface area contributed by atoms with E-state index in [1.54, 1.807) is 0 Å². The van der Waals surface area contributed by atoms with Crippen LogP contribution in [-0.4, -0.2) is 58.0 Å². The number of likely N-dealkylation sites (tertiary alicyclic amines) is 1. The van der Waals surface area contributed by atoms with Crippen LogP contribution in [0.1, 0.15) is 27.4 Å². The molecule has 0 spiro atoms. The first kappa shape index (κ1) is 11.6. The minimum Gasteiger partial charge on any atom is -0.477 e. The second-order valence-corrected chi connectivity index (χ2v) is 4.15. The van der Waals surface area contributed by atoms with Gasteiger partial charge in [0.1, 0.15) is 0 Å². The number of nitrogens with zero attached hydrogens (tertiary/aromatic N) is 2. The van der Waals surface area contributed by atoms with Crippen molar-refractivity contribution < 1.29 is 14.7 Å². The normalized spacial score (nSPS) is 20.4. The number of amides is 1. The van der Waals surface area contributed by atoms with E-state index < -0.39 is 11.9 Å². The van der Waals surface area contributed by atoms with Gasteiger partial charge < -0.3 is 20.3 Å². The first-order chi connectivity index (χ1) is 8.08. The Balaban J connectivity index is 2.04. The highest BCUT2D eigenvalue weighted by Crippen LogP contribution is 2.08. The van der Waals surface area contributed by atoms with Crippen molar-refractivity contribution in [2.75, 3.05) is 20.1 Å². The van der Waals surface area contributed by atoms with E-state index in [1.807, 2.05) is 7.05 Å². The molecule has 7 heteroatoms. The van der Waals surface area contributed by atoms with Crippen LogP contribution >= 0.6 is 0 Å². The van der Waals surface area contributed by atoms with Crippen LogP contribution in [-0.2, 0) is 0 Å². The molecular formula is C10H14N4O3. The lowest BCUT2D eigenvalue weighted by Gasteiger charge is -2.11. The Morgan fingerprint density at radius 1 is 1.65 bits per heavy atom. The van der Waals surface area contributed by atoms with Gasteiger partial charge in [0.25, 0.3) is 5.91 Å². The van der Waals surface area contributed by atoms with Gasteiger partial charge in [0.15, 0.2) is 11.4 Å². The number of carboxylic acids is 1. The molecular weight excluding hydrogens is 224 g/mol. The van der Waals surface area contributed by atoms with Crippen LogP contribution in [0.4, 0.5) is 0 Å². The molecule has 0 bridgehead atoms. The first-order valence-electron chi connectivity index (χ1n) is 5.34. The van der Waals surface area contributed by atoms with Gasteiger partial charge in [-0.3, -0.25) is 4.79 Å². The molecule has 1 aliphatic heterocycles. The summed E-state index contributed by atoms with van der Waals surface area (Å²) in [6.07, 6.45) is 2.08. The maximum Gasteiger partial charge on any atom is 0.354 e. The maximum atomic E-state index is 11.8. The summed E-state index contributed by atoms with van der Waals surface area (Å²) in [6.45, 7) is 1.70. The number of carboxylic acid groups (broad SMARTS) is 1. The summed E-state index contributed by atoms with van der Waals surface area (Å²) >= 11 is 0. The summed E-state index contributed by atoms with van der Waals surface area (Å²) in [5.74, 6) is -1.62. The third-order valence-electron chi connectivity index (χ3n) is 2.79. The van der Waals surface area contributed by atoms with E-state index in [1.165, 1.54) is 6.33 Å². The number of rotatable bonds is 3. The Bertz CT molecular complexity index is 443. The second kappa shape index (κ2) is 4.54. The van der Waals surface area contributed by atoms with Gasteiger partial charge in [-0.05, 0) is 20.0 Å². The van der Waals surface area contributed by atoms with Crippen LogP contribution in [0.15, 0.2) is 6.33 Å². The molecule has 0 aliphatic carbocycles. The van der Waals surface area contributed by atoms with E-state index in [2.05, 4.69) is 20.2 Å². The number of likely N-dealkylation sites (N-methyl/N-ethyl adjacent to an activating group) is 1. The predicted molar refractivity (Wildman–Crippen MR) is 58.9 cm³/mol. The van der Waals surface area contributed by atoms with Crippen molar-refractivity contribution in [2.24, 2.45) is 0 Å².